The summed E-state index contributed by atoms with van der Waals surface area (Å²) in [5.41, 5.74) is 3.29. The van der Waals surface area contributed by atoms with E-state index in [1.807, 2.05) is 24.9 Å². The molecule has 1 N–H and O–H groups in total. The highest BCUT2D eigenvalue weighted by molar-refractivity contribution is 7.15. The van der Waals surface area contributed by atoms with E-state index in [0.29, 0.717) is 6.04 Å². The summed E-state index contributed by atoms with van der Waals surface area (Å²) in [6.45, 7) is 9.39. The van der Waals surface area contributed by atoms with Gasteiger partial charge in [-0.25, -0.2) is 4.98 Å². The summed E-state index contributed by atoms with van der Waals surface area (Å²) in [4.78, 5) is 6.00. The second kappa shape index (κ2) is 5.20. The normalized spacial score (nSPS) is 12.9. The van der Waals surface area contributed by atoms with Crippen LogP contribution in [0.2, 0.25) is 0 Å². The first kappa shape index (κ1) is 13.2. The Hall–Kier alpha value is -1.20. The number of thiazole rings is 1. The Balaban J connectivity index is 2.37. The maximum atomic E-state index is 4.68. The topological polar surface area (TPSA) is 42.7 Å². The molecule has 1 atom stereocenters. The Labute approximate surface area is 112 Å². The number of hydrogen-bond acceptors (Lipinski definition) is 4. The van der Waals surface area contributed by atoms with Crippen molar-refractivity contribution in [2.24, 2.45) is 7.05 Å². The van der Waals surface area contributed by atoms with Gasteiger partial charge in [0.1, 0.15) is 5.01 Å². The fraction of sp³-hybridized carbons (Fsp3) is 0.538. The van der Waals surface area contributed by atoms with Crippen LogP contribution in [0.25, 0.3) is 10.6 Å². The summed E-state index contributed by atoms with van der Waals surface area (Å²) >= 11 is 1.76. The molecule has 5 heteroatoms. The Kier molecular flexibility index (Phi) is 3.82. The van der Waals surface area contributed by atoms with Gasteiger partial charge in [0, 0.05) is 24.2 Å². The van der Waals surface area contributed by atoms with Gasteiger partial charge in [0.25, 0.3) is 0 Å². The van der Waals surface area contributed by atoms with Crippen LogP contribution >= 0.6 is 11.3 Å². The Morgan fingerprint density at radius 1 is 1.39 bits per heavy atom. The van der Waals surface area contributed by atoms with Crippen molar-refractivity contribution in [3.63, 3.8) is 0 Å². The van der Waals surface area contributed by atoms with Crippen LogP contribution in [-0.2, 0) is 7.05 Å². The largest absolute Gasteiger partial charge is 0.310 e. The van der Waals surface area contributed by atoms with Gasteiger partial charge in [-0.15, -0.1) is 11.3 Å². The van der Waals surface area contributed by atoms with Gasteiger partial charge in [0.15, 0.2) is 0 Å². The zero-order valence-corrected chi connectivity index (χ0v) is 12.4. The van der Waals surface area contributed by atoms with Crippen molar-refractivity contribution in [3.8, 4) is 10.6 Å². The minimum atomic E-state index is 0.359. The summed E-state index contributed by atoms with van der Waals surface area (Å²) in [6.07, 6.45) is 2.04. The molecule has 0 aliphatic rings. The monoisotopic (exact) mass is 264 g/mol. The smallest absolute Gasteiger partial charge is 0.127 e. The zero-order valence-electron chi connectivity index (χ0n) is 11.6. The van der Waals surface area contributed by atoms with Crippen molar-refractivity contribution in [2.45, 2.75) is 33.7 Å². The van der Waals surface area contributed by atoms with Crippen LogP contribution in [0.1, 0.15) is 36.2 Å². The molecule has 0 aliphatic carbocycles. The first-order valence-electron chi connectivity index (χ1n) is 6.24. The molecule has 0 saturated heterocycles. The molecule has 0 amide bonds. The van der Waals surface area contributed by atoms with E-state index in [1.165, 1.54) is 4.88 Å². The molecule has 18 heavy (non-hydrogen) atoms. The van der Waals surface area contributed by atoms with Crippen LogP contribution in [0.4, 0.5) is 0 Å². The van der Waals surface area contributed by atoms with Gasteiger partial charge in [-0.05, 0) is 27.3 Å². The van der Waals surface area contributed by atoms with Gasteiger partial charge < -0.3 is 5.32 Å². The summed E-state index contributed by atoms with van der Waals surface area (Å²) in [5, 5.41) is 8.88. The molecule has 98 valence electrons. The number of nitrogens with one attached hydrogen (secondary N) is 1. The van der Waals surface area contributed by atoms with Crippen molar-refractivity contribution in [1.82, 2.24) is 20.1 Å². The molecule has 0 spiro atoms. The Morgan fingerprint density at radius 2 is 2.11 bits per heavy atom. The number of rotatable bonds is 4. The first-order valence-corrected chi connectivity index (χ1v) is 7.06. The maximum absolute atomic E-state index is 4.68. The second-order valence-electron chi connectivity index (χ2n) is 4.55. The van der Waals surface area contributed by atoms with Gasteiger partial charge in [-0.2, -0.15) is 5.10 Å². The highest BCUT2D eigenvalue weighted by atomic mass is 32.1. The van der Waals surface area contributed by atoms with Crippen LogP contribution in [0.3, 0.4) is 0 Å². The van der Waals surface area contributed by atoms with E-state index in [9.17, 15) is 0 Å². The molecule has 0 radical (unpaired) electrons. The van der Waals surface area contributed by atoms with E-state index in [0.717, 1.165) is 28.5 Å². The summed E-state index contributed by atoms with van der Waals surface area (Å²) in [7, 11) is 1.94. The van der Waals surface area contributed by atoms with Crippen LogP contribution in [0.15, 0.2) is 6.20 Å². The Bertz CT molecular complexity index is 541. The number of aryl methyl sites for hydroxylation is 3. The molecule has 2 rings (SSSR count). The van der Waals surface area contributed by atoms with Gasteiger partial charge >= 0.3 is 0 Å². The molecular weight excluding hydrogens is 244 g/mol. The predicted molar refractivity (Wildman–Crippen MR) is 75.9 cm³/mol. The van der Waals surface area contributed by atoms with Gasteiger partial charge in [0.05, 0.1) is 17.0 Å². The molecule has 2 heterocycles. The second-order valence-corrected chi connectivity index (χ2v) is 5.58. The van der Waals surface area contributed by atoms with E-state index in [2.05, 4.69) is 36.2 Å². The van der Waals surface area contributed by atoms with E-state index in [1.54, 1.807) is 11.3 Å². The van der Waals surface area contributed by atoms with Crippen molar-refractivity contribution in [3.05, 3.63) is 22.5 Å². The minimum Gasteiger partial charge on any atom is -0.310 e. The molecule has 0 aliphatic heterocycles. The van der Waals surface area contributed by atoms with Crippen LogP contribution in [0.5, 0.6) is 0 Å². The third-order valence-corrected chi connectivity index (χ3v) is 4.35. The summed E-state index contributed by atoms with van der Waals surface area (Å²) in [6, 6.07) is 0.359. The van der Waals surface area contributed by atoms with Crippen LogP contribution in [0, 0.1) is 13.8 Å². The average molecular weight is 264 g/mol. The van der Waals surface area contributed by atoms with Crippen molar-refractivity contribution in [2.75, 3.05) is 6.54 Å². The van der Waals surface area contributed by atoms with Gasteiger partial charge in [-0.3, -0.25) is 4.68 Å². The standard InChI is InChI=1S/C13H20N4S/c1-6-14-9(3)12-10(4)15-13(18-12)11-7-17(5)16-8(11)2/h7,9,14H,6H2,1-5H3. The first-order chi connectivity index (χ1) is 8.52. The summed E-state index contributed by atoms with van der Waals surface area (Å²) in [5.74, 6) is 0. The average Bonchev–Trinajstić information content (AvgIpc) is 2.82. The van der Waals surface area contributed by atoms with Crippen molar-refractivity contribution >= 4 is 11.3 Å². The molecule has 0 aromatic carbocycles. The van der Waals surface area contributed by atoms with Gasteiger partial charge in [-0.1, -0.05) is 6.92 Å². The molecule has 2 aromatic heterocycles. The lowest BCUT2D eigenvalue weighted by Crippen LogP contribution is -2.17. The quantitative estimate of drug-likeness (QED) is 0.923. The zero-order chi connectivity index (χ0) is 13.3. The Morgan fingerprint density at radius 3 is 2.67 bits per heavy atom. The third-order valence-electron chi connectivity index (χ3n) is 2.98. The molecule has 1 unspecified atom stereocenters. The van der Waals surface area contributed by atoms with Crippen molar-refractivity contribution in [1.29, 1.82) is 0 Å². The highest BCUT2D eigenvalue weighted by Crippen LogP contribution is 2.32. The summed E-state index contributed by atoms with van der Waals surface area (Å²) < 4.78 is 1.84. The number of aromatic nitrogens is 3. The fourth-order valence-corrected chi connectivity index (χ4v) is 3.29. The molecule has 0 bridgehead atoms. The number of hydrogen-bond donors (Lipinski definition) is 1. The SMILES string of the molecule is CCNC(C)c1sc(-c2cn(C)nc2C)nc1C. The lowest BCUT2D eigenvalue weighted by molar-refractivity contribution is 0.603. The van der Waals surface area contributed by atoms with E-state index in [-0.39, 0.29) is 0 Å². The van der Waals surface area contributed by atoms with E-state index in [4.69, 9.17) is 0 Å². The van der Waals surface area contributed by atoms with Gasteiger partial charge in [0.2, 0.25) is 0 Å². The van der Waals surface area contributed by atoms with Crippen LogP contribution < -0.4 is 5.32 Å². The van der Waals surface area contributed by atoms with Crippen molar-refractivity contribution < 1.29 is 0 Å². The highest BCUT2D eigenvalue weighted by Gasteiger charge is 2.16. The lowest BCUT2D eigenvalue weighted by atomic mass is 10.2. The molecule has 0 fully saturated rings. The lowest BCUT2D eigenvalue weighted by Gasteiger charge is -2.09. The maximum Gasteiger partial charge on any atom is 0.127 e. The fourth-order valence-electron chi connectivity index (χ4n) is 2.13. The predicted octanol–water partition coefficient (Wildman–Crippen LogP) is 2.83. The third kappa shape index (κ3) is 2.47. The van der Waals surface area contributed by atoms with Crippen LogP contribution in [-0.4, -0.2) is 21.3 Å². The number of nitrogens with zero attached hydrogens (tertiary/aromatic N) is 3. The molecular formula is C13H20N4S. The van der Waals surface area contributed by atoms with E-state index < -0.39 is 0 Å². The molecule has 0 saturated carbocycles. The molecule has 4 nitrogen and oxygen atoms in total. The molecule has 2 aromatic rings. The minimum absolute atomic E-state index is 0.359. The van der Waals surface area contributed by atoms with E-state index >= 15 is 0 Å².